The summed E-state index contributed by atoms with van der Waals surface area (Å²) in [6, 6.07) is 28.8. The lowest BCUT2D eigenvalue weighted by atomic mass is 9.91. The fourth-order valence-electron chi connectivity index (χ4n) is 5.27. The first-order chi connectivity index (χ1) is 19.9. The average molecular weight is 548 g/mol. The minimum absolute atomic E-state index is 0.113. The Labute approximate surface area is 237 Å². The zero-order chi connectivity index (χ0) is 28.5. The van der Waals surface area contributed by atoms with Crippen LogP contribution in [0.3, 0.4) is 0 Å². The van der Waals surface area contributed by atoms with Crippen LogP contribution in [0.4, 0.5) is 0 Å². The highest BCUT2D eigenvalue weighted by Crippen LogP contribution is 2.39. The van der Waals surface area contributed by atoms with Gasteiger partial charge in [-0.15, -0.1) is 10.7 Å². The predicted octanol–water partition coefficient (Wildman–Crippen LogP) is 4.89. The van der Waals surface area contributed by atoms with E-state index in [2.05, 4.69) is 34.2 Å². The highest BCUT2D eigenvalue weighted by atomic mass is 16.5. The number of nitrogens with one attached hydrogen (secondary N) is 2. The molecule has 6 rings (SSSR count). The van der Waals surface area contributed by atoms with Gasteiger partial charge < -0.3 is 9.47 Å². The molecule has 4 aromatic carbocycles. The largest absolute Gasteiger partial charge is 0.465 e. The van der Waals surface area contributed by atoms with E-state index < -0.39 is 12.0 Å². The van der Waals surface area contributed by atoms with Crippen LogP contribution in [0.1, 0.15) is 34.5 Å². The molecule has 9 heteroatoms. The van der Waals surface area contributed by atoms with Crippen molar-refractivity contribution in [3.8, 4) is 11.1 Å². The molecule has 1 saturated heterocycles. The Kier molecular flexibility index (Phi) is 6.96. The molecule has 206 valence electrons. The van der Waals surface area contributed by atoms with Crippen LogP contribution in [0.2, 0.25) is 0 Å². The third-order valence-corrected chi connectivity index (χ3v) is 7.35. The van der Waals surface area contributed by atoms with Crippen LogP contribution in [-0.4, -0.2) is 42.2 Å². The summed E-state index contributed by atoms with van der Waals surface area (Å²) in [5, 5.41) is 5.84. The van der Waals surface area contributed by atoms with E-state index in [-0.39, 0.29) is 12.6 Å². The van der Waals surface area contributed by atoms with Gasteiger partial charge in [0.25, 0.3) is 0 Å². The molecule has 0 radical (unpaired) electrons. The van der Waals surface area contributed by atoms with E-state index in [1.165, 1.54) is 7.11 Å². The molecule has 1 atom stereocenters. The molecule has 4 aromatic rings. The Bertz CT molecular complexity index is 1690. The number of hydrogen-bond donors (Lipinski definition) is 2. The van der Waals surface area contributed by atoms with Crippen molar-refractivity contribution in [3.63, 3.8) is 0 Å². The molecular weight excluding hydrogens is 518 g/mol. The van der Waals surface area contributed by atoms with Crippen LogP contribution in [0.15, 0.2) is 107 Å². The number of aliphatic imine (C=N–C) groups is 1. The van der Waals surface area contributed by atoms with Gasteiger partial charge in [-0.2, -0.15) is 0 Å². The van der Waals surface area contributed by atoms with Crippen molar-refractivity contribution in [2.45, 2.75) is 19.6 Å². The van der Waals surface area contributed by atoms with Crippen LogP contribution in [0.5, 0.6) is 0 Å². The molecule has 41 heavy (non-hydrogen) atoms. The van der Waals surface area contributed by atoms with Gasteiger partial charge in [-0.25, -0.2) is 19.6 Å². The van der Waals surface area contributed by atoms with Gasteiger partial charge in [0.1, 0.15) is 12.6 Å². The molecule has 1 unspecified atom stereocenters. The molecule has 2 aliphatic heterocycles. The fourth-order valence-corrected chi connectivity index (χ4v) is 5.27. The summed E-state index contributed by atoms with van der Waals surface area (Å²) in [6.07, 6.45) is 0. The zero-order valence-electron chi connectivity index (χ0n) is 22.9. The molecule has 9 nitrogen and oxygen atoms in total. The first-order valence-corrected chi connectivity index (χ1v) is 13.2. The average Bonchev–Trinajstić information content (AvgIpc) is 3.38. The van der Waals surface area contributed by atoms with Gasteiger partial charge in [0.2, 0.25) is 5.96 Å². The van der Waals surface area contributed by atoms with Crippen molar-refractivity contribution in [2.24, 2.45) is 4.99 Å². The van der Waals surface area contributed by atoms with Crippen molar-refractivity contribution in [1.29, 1.82) is 0 Å². The molecular formula is C32H29N5O4. The zero-order valence-corrected chi connectivity index (χ0v) is 22.9. The summed E-state index contributed by atoms with van der Waals surface area (Å²) >= 11 is 0. The van der Waals surface area contributed by atoms with E-state index >= 15 is 0 Å². The predicted molar refractivity (Wildman–Crippen MR) is 156 cm³/mol. The number of benzene rings is 4. The molecule has 2 aliphatic rings. The van der Waals surface area contributed by atoms with Gasteiger partial charge in [-0.1, -0.05) is 78.9 Å². The Morgan fingerprint density at radius 1 is 0.878 bits per heavy atom. The molecule has 0 amide bonds. The molecule has 0 spiro atoms. The highest BCUT2D eigenvalue weighted by Gasteiger charge is 2.42. The second-order valence-electron chi connectivity index (χ2n) is 9.85. The van der Waals surface area contributed by atoms with E-state index in [9.17, 15) is 9.59 Å². The van der Waals surface area contributed by atoms with E-state index in [0.29, 0.717) is 22.8 Å². The van der Waals surface area contributed by atoms with E-state index in [1.807, 2.05) is 79.6 Å². The van der Waals surface area contributed by atoms with Crippen molar-refractivity contribution < 1.29 is 19.1 Å². The van der Waals surface area contributed by atoms with Crippen LogP contribution >= 0.6 is 0 Å². The molecule has 0 aliphatic carbocycles. The van der Waals surface area contributed by atoms with Crippen molar-refractivity contribution in [2.75, 3.05) is 14.2 Å². The second kappa shape index (κ2) is 10.9. The van der Waals surface area contributed by atoms with Gasteiger partial charge in [-0.3, -0.25) is 5.43 Å². The Morgan fingerprint density at radius 3 is 2.29 bits per heavy atom. The number of ether oxygens (including phenoxy) is 2. The topological polar surface area (TPSA) is 95.5 Å². The number of carbonyl (C=O) groups is 2. The molecule has 2 N–H and O–H groups in total. The first-order valence-electron chi connectivity index (χ1n) is 13.2. The third kappa shape index (κ3) is 4.93. The van der Waals surface area contributed by atoms with Crippen molar-refractivity contribution >= 4 is 28.7 Å². The molecule has 0 aromatic heterocycles. The highest BCUT2D eigenvalue weighted by molar-refractivity contribution is 5.97. The van der Waals surface area contributed by atoms with Crippen LogP contribution in [0.25, 0.3) is 21.9 Å². The lowest BCUT2D eigenvalue weighted by molar-refractivity contribution is -0.141. The minimum atomic E-state index is -0.455. The van der Waals surface area contributed by atoms with Gasteiger partial charge >= 0.3 is 11.9 Å². The lowest BCUT2D eigenvalue weighted by Crippen LogP contribution is -2.46. The number of hydrazine groups is 3. The Balaban J connectivity index is 1.24. The standard InChI is InChI=1S/C32H29N5O4/c1-20-28(29(37-32(33-20)34-35-36(37)2)27-10-6-8-24-7-4-5-9-26(24)27)31(39)41-19-21-11-13-22(14-12-21)23-15-17-25(18-16-23)30(38)40-3/h4-18,29,35H,19H2,1-3H3,(H,33,34). The molecule has 2 heterocycles. The molecule has 0 bridgehead atoms. The maximum Gasteiger partial charge on any atom is 0.338 e. The van der Waals surface area contributed by atoms with E-state index in [1.54, 1.807) is 17.3 Å². The Morgan fingerprint density at radius 2 is 1.56 bits per heavy atom. The lowest BCUT2D eigenvalue weighted by Gasteiger charge is -2.36. The SMILES string of the molecule is COC(=O)c1ccc(-c2ccc(COC(=O)C3=C(C)N=C4NNN(C)N4C3c3cccc4ccccc34)cc2)cc1. The normalized spacial score (nSPS) is 16.7. The van der Waals surface area contributed by atoms with Crippen molar-refractivity contribution in [3.05, 3.63) is 119 Å². The van der Waals surface area contributed by atoms with Gasteiger partial charge in [0, 0.05) is 7.05 Å². The maximum absolute atomic E-state index is 13.7. The number of esters is 2. The number of methoxy groups -OCH3 is 1. The minimum Gasteiger partial charge on any atom is -0.465 e. The van der Waals surface area contributed by atoms with Gasteiger partial charge in [0.15, 0.2) is 0 Å². The number of allylic oxidation sites excluding steroid dienone is 1. The number of nitrogens with zero attached hydrogens (tertiary/aromatic N) is 3. The summed E-state index contributed by atoms with van der Waals surface area (Å²) in [7, 11) is 3.23. The van der Waals surface area contributed by atoms with Crippen LogP contribution < -0.4 is 11.0 Å². The van der Waals surface area contributed by atoms with Crippen LogP contribution in [0, 0.1) is 0 Å². The first kappa shape index (κ1) is 26.2. The van der Waals surface area contributed by atoms with E-state index in [4.69, 9.17) is 9.47 Å². The second-order valence-corrected chi connectivity index (χ2v) is 9.85. The maximum atomic E-state index is 13.7. The summed E-state index contributed by atoms with van der Waals surface area (Å²) in [4.78, 5) is 30.1. The number of guanidine groups is 1. The summed E-state index contributed by atoms with van der Waals surface area (Å²) in [6.45, 7) is 1.95. The van der Waals surface area contributed by atoms with Gasteiger partial charge in [-0.05, 0) is 52.1 Å². The number of rotatable bonds is 6. The monoisotopic (exact) mass is 547 g/mol. The number of carbonyl (C=O) groups excluding carboxylic acids is 2. The summed E-state index contributed by atoms with van der Waals surface area (Å²) < 4.78 is 10.7. The van der Waals surface area contributed by atoms with Gasteiger partial charge in [0.05, 0.1) is 23.9 Å². The quantitative estimate of drug-likeness (QED) is 0.330. The van der Waals surface area contributed by atoms with Crippen LogP contribution in [-0.2, 0) is 20.9 Å². The van der Waals surface area contributed by atoms with Crippen molar-refractivity contribution in [1.82, 2.24) is 21.1 Å². The molecule has 1 fully saturated rings. The third-order valence-electron chi connectivity index (χ3n) is 7.35. The molecule has 0 saturated carbocycles. The summed E-state index contributed by atoms with van der Waals surface area (Å²) in [5.41, 5.74) is 11.5. The number of hydrogen-bond acceptors (Lipinski definition) is 9. The smallest absolute Gasteiger partial charge is 0.338 e. The summed E-state index contributed by atoms with van der Waals surface area (Å²) in [5.74, 6) is -0.189. The fraction of sp³-hybridized carbons (Fsp3) is 0.156. The van der Waals surface area contributed by atoms with E-state index in [0.717, 1.165) is 33.0 Å². The Hall–Kier alpha value is -4.99. The number of fused-ring (bicyclic) bond motifs is 2.